The molecule has 2 heterocycles. The Bertz CT molecular complexity index is 602. The summed E-state index contributed by atoms with van der Waals surface area (Å²) >= 11 is 0. The van der Waals surface area contributed by atoms with Crippen LogP contribution in [-0.4, -0.2) is 29.9 Å². The van der Waals surface area contributed by atoms with E-state index in [0.29, 0.717) is 18.7 Å². The lowest BCUT2D eigenvalue weighted by atomic mass is 9.85. The second-order valence-electron chi connectivity index (χ2n) is 4.90. The van der Waals surface area contributed by atoms with Gasteiger partial charge in [0.2, 0.25) is 0 Å². The molecule has 1 spiro atoms. The average molecular weight is 255 g/mol. The van der Waals surface area contributed by atoms with Gasteiger partial charge in [0, 0.05) is 12.1 Å². The minimum atomic E-state index is -0.710. The first-order valence-electron chi connectivity index (χ1n) is 6.25. The number of rotatable bonds is 0. The predicted octanol–water partition coefficient (Wildman–Crippen LogP) is 1.31. The third kappa shape index (κ3) is 1.70. The topological polar surface area (TPSA) is 46.6 Å². The molecule has 1 aromatic rings. The van der Waals surface area contributed by atoms with E-state index < -0.39 is 5.60 Å². The maximum absolute atomic E-state index is 11.9. The molecule has 0 aliphatic carbocycles. The highest BCUT2D eigenvalue weighted by molar-refractivity contribution is 5.95. The van der Waals surface area contributed by atoms with Crippen molar-refractivity contribution in [1.82, 2.24) is 4.90 Å². The van der Waals surface area contributed by atoms with Gasteiger partial charge < -0.3 is 9.64 Å². The normalized spacial score (nSPS) is 24.8. The lowest BCUT2D eigenvalue weighted by Crippen LogP contribution is -2.48. The number of esters is 1. The molecule has 4 heteroatoms. The van der Waals surface area contributed by atoms with Gasteiger partial charge >= 0.3 is 5.97 Å². The van der Waals surface area contributed by atoms with Crippen LogP contribution < -0.4 is 0 Å². The number of fused-ring (bicyclic) bond motifs is 2. The fraction of sp³-hybridized carbons (Fsp3) is 0.333. The Kier molecular flexibility index (Phi) is 2.56. The molecule has 1 saturated heterocycles. The van der Waals surface area contributed by atoms with E-state index in [1.54, 1.807) is 11.0 Å². The molecule has 0 N–H and O–H groups in total. The first-order valence-corrected chi connectivity index (χ1v) is 6.25. The van der Waals surface area contributed by atoms with E-state index >= 15 is 0 Å². The molecule has 0 saturated carbocycles. The van der Waals surface area contributed by atoms with E-state index in [4.69, 9.17) is 11.2 Å². The SMILES string of the molecule is C#CC(=O)N1CCCC2(C1)OC(=O)c1ccccc12. The van der Waals surface area contributed by atoms with Crippen LogP contribution in [0.3, 0.4) is 0 Å². The summed E-state index contributed by atoms with van der Waals surface area (Å²) in [5, 5.41) is 0. The highest BCUT2D eigenvalue weighted by atomic mass is 16.6. The zero-order valence-corrected chi connectivity index (χ0v) is 10.4. The number of terminal acetylenes is 1. The summed E-state index contributed by atoms with van der Waals surface area (Å²) in [5.74, 6) is 1.46. The second kappa shape index (κ2) is 4.13. The Morgan fingerprint density at radius 3 is 3.00 bits per heavy atom. The minimum absolute atomic E-state index is 0.314. The number of carbonyl (C=O) groups excluding carboxylic acids is 2. The number of hydrogen-bond donors (Lipinski definition) is 0. The summed E-state index contributed by atoms with van der Waals surface area (Å²) in [7, 11) is 0. The molecule has 1 aromatic carbocycles. The van der Waals surface area contributed by atoms with Crippen LogP contribution >= 0.6 is 0 Å². The monoisotopic (exact) mass is 255 g/mol. The van der Waals surface area contributed by atoms with E-state index in [0.717, 1.165) is 18.4 Å². The first kappa shape index (κ1) is 11.8. The quantitative estimate of drug-likeness (QED) is 0.518. The van der Waals surface area contributed by atoms with Crippen LogP contribution in [0.2, 0.25) is 0 Å². The zero-order chi connectivity index (χ0) is 13.5. The van der Waals surface area contributed by atoms with Crippen molar-refractivity contribution < 1.29 is 14.3 Å². The third-order valence-electron chi connectivity index (χ3n) is 3.79. The summed E-state index contributed by atoms with van der Waals surface area (Å²) in [6, 6.07) is 7.34. The Morgan fingerprint density at radius 2 is 2.21 bits per heavy atom. The Balaban J connectivity index is 1.99. The number of benzene rings is 1. The van der Waals surface area contributed by atoms with Crippen LogP contribution in [0.4, 0.5) is 0 Å². The predicted molar refractivity (Wildman–Crippen MR) is 68.2 cm³/mol. The van der Waals surface area contributed by atoms with Gasteiger partial charge in [-0.05, 0) is 24.8 Å². The van der Waals surface area contributed by atoms with Crippen molar-refractivity contribution in [3.63, 3.8) is 0 Å². The number of amides is 1. The van der Waals surface area contributed by atoms with Crippen LogP contribution in [0.15, 0.2) is 24.3 Å². The molecule has 96 valence electrons. The lowest BCUT2D eigenvalue weighted by molar-refractivity contribution is -0.132. The largest absolute Gasteiger partial charge is 0.449 e. The van der Waals surface area contributed by atoms with Gasteiger partial charge in [-0.15, -0.1) is 6.42 Å². The molecule has 0 radical (unpaired) electrons. The zero-order valence-electron chi connectivity index (χ0n) is 10.4. The highest BCUT2D eigenvalue weighted by Gasteiger charge is 2.48. The number of piperidine rings is 1. The van der Waals surface area contributed by atoms with Gasteiger partial charge in [0.15, 0.2) is 5.60 Å². The van der Waals surface area contributed by atoms with E-state index in [1.807, 2.05) is 18.2 Å². The molecule has 1 fully saturated rings. The Labute approximate surface area is 111 Å². The van der Waals surface area contributed by atoms with Crippen LogP contribution in [0.1, 0.15) is 28.8 Å². The molecule has 2 aliphatic heterocycles. The van der Waals surface area contributed by atoms with Crippen molar-refractivity contribution in [2.24, 2.45) is 0 Å². The number of nitrogens with zero attached hydrogens (tertiary/aromatic N) is 1. The summed E-state index contributed by atoms with van der Waals surface area (Å²) < 4.78 is 5.58. The molecular formula is C15H13NO3. The maximum Gasteiger partial charge on any atom is 0.339 e. The highest BCUT2D eigenvalue weighted by Crippen LogP contribution is 2.42. The third-order valence-corrected chi connectivity index (χ3v) is 3.79. The summed E-state index contributed by atoms with van der Waals surface area (Å²) in [6.07, 6.45) is 6.66. The first-order chi connectivity index (χ1) is 9.16. The van der Waals surface area contributed by atoms with Crippen LogP contribution in [0, 0.1) is 12.3 Å². The number of hydrogen-bond acceptors (Lipinski definition) is 3. The lowest BCUT2D eigenvalue weighted by Gasteiger charge is -2.38. The van der Waals surface area contributed by atoms with Gasteiger partial charge in [-0.1, -0.05) is 18.2 Å². The van der Waals surface area contributed by atoms with Crippen molar-refractivity contribution in [2.75, 3.05) is 13.1 Å². The fourth-order valence-electron chi connectivity index (χ4n) is 2.94. The molecule has 1 amide bonds. The van der Waals surface area contributed by atoms with Gasteiger partial charge in [0.05, 0.1) is 12.1 Å². The van der Waals surface area contributed by atoms with Gasteiger partial charge in [-0.25, -0.2) is 4.79 Å². The number of likely N-dealkylation sites (tertiary alicyclic amines) is 1. The average Bonchev–Trinajstić information content (AvgIpc) is 2.71. The van der Waals surface area contributed by atoms with Crippen LogP contribution in [-0.2, 0) is 15.1 Å². The van der Waals surface area contributed by atoms with Crippen LogP contribution in [0.5, 0.6) is 0 Å². The molecule has 2 aliphatic rings. The van der Waals surface area contributed by atoms with E-state index in [-0.39, 0.29) is 11.9 Å². The fourth-order valence-corrected chi connectivity index (χ4v) is 2.94. The molecule has 4 nitrogen and oxygen atoms in total. The van der Waals surface area contributed by atoms with E-state index in [2.05, 4.69) is 5.92 Å². The van der Waals surface area contributed by atoms with Crippen LogP contribution in [0.25, 0.3) is 0 Å². The molecule has 1 atom stereocenters. The number of carbonyl (C=O) groups is 2. The van der Waals surface area contributed by atoms with Crippen molar-refractivity contribution in [3.8, 4) is 12.3 Å². The van der Waals surface area contributed by atoms with Crippen molar-refractivity contribution >= 4 is 11.9 Å². The minimum Gasteiger partial charge on any atom is -0.449 e. The van der Waals surface area contributed by atoms with Crippen molar-refractivity contribution in [3.05, 3.63) is 35.4 Å². The Hall–Kier alpha value is -2.28. The summed E-state index contributed by atoms with van der Waals surface area (Å²) in [6.45, 7) is 0.962. The Morgan fingerprint density at radius 1 is 1.42 bits per heavy atom. The molecule has 0 bridgehead atoms. The second-order valence-corrected chi connectivity index (χ2v) is 4.90. The van der Waals surface area contributed by atoms with Crippen molar-refractivity contribution in [1.29, 1.82) is 0 Å². The molecule has 3 rings (SSSR count). The molecule has 1 unspecified atom stereocenters. The molecule has 19 heavy (non-hydrogen) atoms. The molecular weight excluding hydrogens is 242 g/mol. The number of ether oxygens (including phenoxy) is 1. The maximum atomic E-state index is 11.9. The molecule has 0 aromatic heterocycles. The van der Waals surface area contributed by atoms with E-state index in [9.17, 15) is 9.59 Å². The summed E-state index contributed by atoms with van der Waals surface area (Å²) in [5.41, 5.74) is 0.755. The summed E-state index contributed by atoms with van der Waals surface area (Å²) in [4.78, 5) is 25.2. The van der Waals surface area contributed by atoms with Gasteiger partial charge in [-0.3, -0.25) is 4.79 Å². The van der Waals surface area contributed by atoms with E-state index in [1.165, 1.54) is 0 Å². The standard InChI is InChI=1S/C15H13NO3/c1-2-13(17)16-9-5-8-15(10-16)12-7-4-3-6-11(12)14(18)19-15/h1,3-4,6-7H,5,8-10H2. The van der Waals surface area contributed by atoms with Gasteiger partial charge in [0.25, 0.3) is 5.91 Å². The van der Waals surface area contributed by atoms with Gasteiger partial charge in [0.1, 0.15) is 0 Å². The van der Waals surface area contributed by atoms with Gasteiger partial charge in [-0.2, -0.15) is 0 Å². The smallest absolute Gasteiger partial charge is 0.339 e. The van der Waals surface area contributed by atoms with Crippen molar-refractivity contribution in [2.45, 2.75) is 18.4 Å².